The molecule has 1 amide bonds. The zero-order chi connectivity index (χ0) is 23.5. The van der Waals surface area contributed by atoms with Crippen molar-refractivity contribution in [1.82, 2.24) is 5.32 Å². The highest BCUT2D eigenvalue weighted by Gasteiger charge is 2.35. The maximum atomic E-state index is 12.0. The molecule has 2 saturated heterocycles. The van der Waals surface area contributed by atoms with Crippen molar-refractivity contribution < 1.29 is 40.1 Å². The lowest BCUT2D eigenvalue weighted by Gasteiger charge is -2.25. The summed E-state index contributed by atoms with van der Waals surface area (Å²) in [6.45, 7) is 7.51. The number of rotatable bonds is 13. The lowest BCUT2D eigenvalue weighted by Crippen LogP contribution is -2.31. The van der Waals surface area contributed by atoms with Gasteiger partial charge in [0, 0.05) is 32.9 Å². The monoisotopic (exact) mass is 450 g/mol. The van der Waals surface area contributed by atoms with E-state index in [0.717, 1.165) is 0 Å². The average Bonchev–Trinajstić information content (AvgIpc) is 3.30. The third kappa shape index (κ3) is 8.42. The Kier molecular flexibility index (Phi) is 10.1. The summed E-state index contributed by atoms with van der Waals surface area (Å²) in [5, 5.41) is 2.44. The van der Waals surface area contributed by atoms with Gasteiger partial charge in [0.15, 0.2) is 0 Å². The Morgan fingerprint density at radius 1 is 1.20 bits per heavy atom. The largest absolute Gasteiger partial charge is 0.459 e. The molecule has 0 spiro atoms. The van der Waals surface area contributed by atoms with Crippen molar-refractivity contribution >= 4 is 20.5 Å². The molecule has 30 heavy (non-hydrogen) atoms. The summed E-state index contributed by atoms with van der Waals surface area (Å²) in [7, 11) is -0.376. The van der Waals surface area contributed by atoms with Crippen LogP contribution in [0.15, 0.2) is 0 Å². The topological polar surface area (TPSA) is 106 Å². The smallest absolute Gasteiger partial charge is 0.333 e. The van der Waals surface area contributed by atoms with Crippen LogP contribution < -0.4 is 5.32 Å². The maximum Gasteiger partial charge on any atom is 0.333 e. The third-order valence-electron chi connectivity index (χ3n) is 4.51. The lowest BCUT2D eigenvalue weighted by molar-refractivity contribution is -0.153. The number of carbonyl (C=O) groups excluding carboxylic acids is 2. The van der Waals surface area contributed by atoms with E-state index in [2.05, 4.69) is 10.2 Å². The summed E-state index contributed by atoms with van der Waals surface area (Å²) in [4.78, 5) is 26.6. The van der Waals surface area contributed by atoms with Crippen LogP contribution in [-0.2, 0) is 37.4 Å². The van der Waals surface area contributed by atoms with Gasteiger partial charge in [0.25, 0.3) is 0 Å². The Balaban J connectivity index is 1.89. The van der Waals surface area contributed by atoms with E-state index in [9.17, 15) is 9.59 Å². The molecule has 0 saturated carbocycles. The molecule has 170 valence electrons. The standard InChI is InChI=1S/C19H31N2O8P/c1-4-14-16(8-11-24-14)29-30(26-12-9-20-2)27-13-17-15(7-10-25-17)28-19(23)6-5-18(22)21-3/h14-17H,4-13H2,1,3H3,(H,21,22)/t14-,15+,16+,17-,30?/m1/s1/i10T,11T/t10-,11-,14+,15-,16-,17+,30?/m0. The average molecular weight is 450 g/mol. The molecule has 10 nitrogen and oxygen atoms in total. The number of hydrogen-bond donors (Lipinski definition) is 1. The van der Waals surface area contributed by atoms with Gasteiger partial charge in [-0.3, -0.25) is 9.59 Å². The van der Waals surface area contributed by atoms with Crippen molar-refractivity contribution in [2.45, 2.75) is 63.4 Å². The minimum absolute atomic E-state index is 0.0153. The minimum Gasteiger partial charge on any atom is -0.459 e. The van der Waals surface area contributed by atoms with E-state index in [1.54, 1.807) is 0 Å². The molecule has 0 aliphatic carbocycles. The molecular weight excluding hydrogens is 415 g/mol. The van der Waals surface area contributed by atoms with Crippen molar-refractivity contribution in [2.24, 2.45) is 0 Å². The molecule has 0 aromatic rings. The van der Waals surface area contributed by atoms with Gasteiger partial charge < -0.3 is 37.9 Å². The van der Waals surface area contributed by atoms with E-state index in [1.807, 2.05) is 6.92 Å². The zero-order valence-electron chi connectivity index (χ0n) is 19.3. The highest BCUT2D eigenvalue weighted by molar-refractivity contribution is 7.41. The van der Waals surface area contributed by atoms with Gasteiger partial charge in [-0.25, -0.2) is 6.57 Å². The molecule has 7 atom stereocenters. The first-order valence-electron chi connectivity index (χ1n) is 11.1. The molecule has 11 heteroatoms. The van der Waals surface area contributed by atoms with Crippen LogP contribution in [0, 0.1) is 6.57 Å². The molecule has 0 aromatic carbocycles. The van der Waals surface area contributed by atoms with Crippen molar-refractivity contribution in [1.29, 1.82) is 0 Å². The number of amides is 1. The van der Waals surface area contributed by atoms with E-state index >= 15 is 0 Å². The summed E-state index contributed by atoms with van der Waals surface area (Å²) in [6.07, 6.45) is -0.808. The normalized spacial score (nSPS) is 32.7. The van der Waals surface area contributed by atoms with Gasteiger partial charge in [-0.05, 0) is 6.42 Å². The van der Waals surface area contributed by atoms with Crippen LogP contribution >= 0.6 is 8.60 Å². The molecular formula is C19H31N2O8P. The maximum absolute atomic E-state index is 12.0. The molecule has 0 radical (unpaired) electrons. The fourth-order valence-corrected chi connectivity index (χ4v) is 3.98. The fraction of sp³-hybridized carbons (Fsp3) is 0.842. The first kappa shape index (κ1) is 21.9. The number of ether oxygens (including phenoxy) is 3. The number of nitrogens with zero attached hydrogens (tertiary/aromatic N) is 1. The molecule has 1 N–H and O–H groups in total. The van der Waals surface area contributed by atoms with Gasteiger partial charge in [-0.1, -0.05) is 6.92 Å². The van der Waals surface area contributed by atoms with E-state index < -0.39 is 39.9 Å². The molecule has 2 heterocycles. The van der Waals surface area contributed by atoms with Crippen LogP contribution in [0.4, 0.5) is 0 Å². The van der Waals surface area contributed by atoms with Gasteiger partial charge in [-0.15, -0.1) is 0 Å². The van der Waals surface area contributed by atoms with Crippen LogP contribution in [0.1, 0.15) is 41.8 Å². The molecule has 2 fully saturated rings. The second-order valence-electron chi connectivity index (χ2n) is 6.64. The Morgan fingerprint density at radius 2 is 1.93 bits per heavy atom. The van der Waals surface area contributed by atoms with Gasteiger partial charge in [-0.2, -0.15) is 0 Å². The minimum atomic E-state index is -1.86. The number of hydrogen-bond acceptors (Lipinski definition) is 8. The van der Waals surface area contributed by atoms with Crippen molar-refractivity contribution in [3.05, 3.63) is 11.4 Å². The summed E-state index contributed by atoms with van der Waals surface area (Å²) >= 11 is 0. The molecule has 0 aromatic heterocycles. The Labute approximate surface area is 181 Å². The van der Waals surface area contributed by atoms with Crippen LogP contribution in [0.3, 0.4) is 0 Å². The molecule has 0 bridgehead atoms. The number of esters is 1. The number of carbonyl (C=O) groups is 2. The zero-order valence-corrected chi connectivity index (χ0v) is 18.2. The van der Waals surface area contributed by atoms with Crippen LogP contribution in [0.2, 0.25) is 0 Å². The number of nitrogens with one attached hydrogen (secondary N) is 1. The van der Waals surface area contributed by atoms with E-state index in [0.29, 0.717) is 12.8 Å². The van der Waals surface area contributed by atoms with E-state index in [-0.39, 0.29) is 57.1 Å². The molecule has 2 rings (SSSR count). The summed E-state index contributed by atoms with van der Waals surface area (Å²) < 4.78 is 49.4. The van der Waals surface area contributed by atoms with Crippen LogP contribution in [-0.4, -0.2) is 76.3 Å². The van der Waals surface area contributed by atoms with Crippen molar-refractivity contribution in [3.63, 3.8) is 0 Å². The molecule has 2 aliphatic heterocycles. The lowest BCUT2D eigenvalue weighted by atomic mass is 10.1. The highest BCUT2D eigenvalue weighted by atomic mass is 31.2. The van der Waals surface area contributed by atoms with Crippen LogP contribution in [0.5, 0.6) is 0 Å². The van der Waals surface area contributed by atoms with Gasteiger partial charge in [0.2, 0.25) is 12.5 Å². The fourth-order valence-electron chi connectivity index (χ4n) is 2.84. The summed E-state index contributed by atoms with van der Waals surface area (Å²) in [5.41, 5.74) is 0. The Hall–Kier alpha value is -1.34. The predicted octanol–water partition coefficient (Wildman–Crippen LogP) is 1.98. The van der Waals surface area contributed by atoms with Gasteiger partial charge in [0.1, 0.15) is 18.8 Å². The van der Waals surface area contributed by atoms with Crippen molar-refractivity contribution in [2.75, 3.05) is 40.0 Å². The van der Waals surface area contributed by atoms with Crippen molar-refractivity contribution in [3.8, 4) is 0 Å². The quantitative estimate of drug-likeness (QED) is 0.197. The van der Waals surface area contributed by atoms with Gasteiger partial charge >= 0.3 is 14.6 Å². The first-order valence-corrected chi connectivity index (χ1v) is 11.1. The summed E-state index contributed by atoms with van der Waals surface area (Å²) in [6, 6.07) is 0. The van der Waals surface area contributed by atoms with E-state index in [4.69, 9.17) is 37.1 Å². The van der Waals surface area contributed by atoms with Crippen LogP contribution in [0.25, 0.3) is 4.85 Å². The second-order valence-corrected chi connectivity index (χ2v) is 7.82. The first-order chi connectivity index (χ1) is 15.4. The second kappa shape index (κ2) is 13.9. The highest BCUT2D eigenvalue weighted by Crippen LogP contribution is 2.44. The molecule has 2 aliphatic rings. The SMILES string of the molecule is [3H][C@H]1C[C@H](OC(=O)CCC(=O)NC)[C@@H](COP(OCC[N+]#[C-])O[C@H]2C[C@H]([3H])O[C@@H]2CC)O1. The summed E-state index contributed by atoms with van der Waals surface area (Å²) in [5.74, 6) is -0.818. The van der Waals surface area contributed by atoms with E-state index in [1.165, 1.54) is 7.05 Å². The Bertz CT molecular complexity index is 655. The van der Waals surface area contributed by atoms with Gasteiger partial charge in [0.05, 0.1) is 34.6 Å². The Morgan fingerprint density at radius 3 is 2.63 bits per heavy atom. The predicted molar refractivity (Wildman–Crippen MR) is 107 cm³/mol. The third-order valence-corrected chi connectivity index (χ3v) is 5.71. The molecule has 1 unspecified atom stereocenters.